The highest BCUT2D eigenvalue weighted by Gasteiger charge is 2.44. The van der Waals surface area contributed by atoms with E-state index in [1.54, 1.807) is 6.92 Å². The van der Waals surface area contributed by atoms with Gasteiger partial charge in [0.25, 0.3) is 0 Å². The summed E-state index contributed by atoms with van der Waals surface area (Å²) in [4.78, 5) is 22.4. The topological polar surface area (TPSA) is 50.3 Å². The van der Waals surface area contributed by atoms with E-state index in [2.05, 4.69) is 31.7 Å². The molecule has 4 fully saturated rings. The molecule has 5 rings (SSSR count). The number of fused-ring (bicyclic) bond motifs is 2. The highest BCUT2D eigenvalue weighted by Crippen LogP contribution is 2.35. The molecular weight excluding hydrogens is 364 g/mol. The molecule has 3 atom stereocenters. The second-order valence-corrected chi connectivity index (χ2v) is 9.39. The number of aliphatic hydroxyl groups is 1. The van der Waals surface area contributed by atoms with Crippen LogP contribution in [0.1, 0.15) is 44.3 Å². The van der Waals surface area contributed by atoms with Crippen molar-refractivity contribution in [1.29, 1.82) is 0 Å². The Morgan fingerprint density at radius 2 is 1.76 bits per heavy atom. The molecule has 158 valence electrons. The maximum atomic E-state index is 12.9. The third-order valence-corrected chi connectivity index (χ3v) is 7.66. The summed E-state index contributed by atoms with van der Waals surface area (Å²) in [5.41, 5.74) is 2.20. The van der Waals surface area contributed by atoms with Crippen molar-refractivity contribution >= 4 is 11.6 Å². The molecule has 1 amide bonds. The first-order chi connectivity index (χ1) is 14.1. The molecule has 3 saturated heterocycles. The molecule has 29 heavy (non-hydrogen) atoms. The summed E-state index contributed by atoms with van der Waals surface area (Å²) in [5.74, 6) is 0.318. The average molecular weight is 399 g/mol. The maximum absolute atomic E-state index is 12.9. The van der Waals surface area contributed by atoms with E-state index in [1.807, 2.05) is 12.1 Å². The van der Waals surface area contributed by atoms with Crippen LogP contribution in [0.2, 0.25) is 0 Å². The van der Waals surface area contributed by atoms with Crippen LogP contribution in [0.25, 0.3) is 0 Å². The van der Waals surface area contributed by atoms with E-state index in [0.717, 1.165) is 57.3 Å². The minimum atomic E-state index is -0.420. The van der Waals surface area contributed by atoms with E-state index >= 15 is 0 Å². The lowest BCUT2D eigenvalue weighted by Gasteiger charge is -2.43. The highest BCUT2D eigenvalue weighted by atomic mass is 16.3. The molecule has 2 bridgehead atoms. The molecule has 4 aliphatic rings. The highest BCUT2D eigenvalue weighted by molar-refractivity contribution is 5.78. The van der Waals surface area contributed by atoms with Crippen molar-refractivity contribution in [3.8, 4) is 0 Å². The number of benzene rings is 1. The van der Waals surface area contributed by atoms with Gasteiger partial charge in [-0.2, -0.15) is 0 Å². The zero-order valence-electron chi connectivity index (χ0n) is 17.5. The lowest BCUT2D eigenvalue weighted by Crippen LogP contribution is -2.56. The van der Waals surface area contributed by atoms with Gasteiger partial charge in [0.05, 0.1) is 12.6 Å². The van der Waals surface area contributed by atoms with Crippen LogP contribution in [-0.4, -0.2) is 89.7 Å². The number of likely N-dealkylation sites (tertiary alicyclic amines) is 1. The second kappa shape index (κ2) is 7.89. The van der Waals surface area contributed by atoms with E-state index in [-0.39, 0.29) is 0 Å². The SMILES string of the molecule is CC(O)c1ccc(N2CC3CC2CN3CC(=O)N2CCN(C3CCC3)CC2)cc1. The van der Waals surface area contributed by atoms with Gasteiger partial charge < -0.3 is 14.9 Å². The number of nitrogens with zero attached hydrogens (tertiary/aromatic N) is 4. The molecule has 1 aromatic carbocycles. The van der Waals surface area contributed by atoms with Crippen LogP contribution in [0.5, 0.6) is 0 Å². The number of piperazine rings is 2. The number of aliphatic hydroxyl groups excluding tert-OH is 1. The molecule has 3 aliphatic heterocycles. The van der Waals surface area contributed by atoms with Crippen molar-refractivity contribution in [2.24, 2.45) is 0 Å². The first-order valence-electron chi connectivity index (χ1n) is 11.4. The third-order valence-electron chi connectivity index (χ3n) is 7.66. The molecule has 6 heteroatoms. The Hall–Kier alpha value is -1.63. The summed E-state index contributed by atoms with van der Waals surface area (Å²) in [6, 6.07) is 10.1. The fourth-order valence-corrected chi connectivity index (χ4v) is 5.57. The predicted molar refractivity (Wildman–Crippen MR) is 114 cm³/mol. The summed E-state index contributed by atoms with van der Waals surface area (Å²) in [6.07, 6.45) is 4.81. The van der Waals surface area contributed by atoms with Gasteiger partial charge in [-0.25, -0.2) is 0 Å². The number of amides is 1. The Morgan fingerprint density at radius 3 is 2.31 bits per heavy atom. The van der Waals surface area contributed by atoms with E-state index in [0.29, 0.717) is 24.5 Å². The average Bonchev–Trinajstić information content (AvgIpc) is 3.27. The smallest absolute Gasteiger partial charge is 0.236 e. The summed E-state index contributed by atoms with van der Waals surface area (Å²) >= 11 is 0. The standard InChI is InChI=1S/C23H34N4O2/c1-17(28)18-5-7-20(8-6-18)27-15-21-13-22(27)14-26(21)16-23(29)25-11-9-24(10-12-25)19-3-2-4-19/h5-8,17,19,21-22,28H,2-4,9-16H2,1H3. The molecule has 0 radical (unpaired) electrons. The zero-order chi connectivity index (χ0) is 20.0. The summed E-state index contributed by atoms with van der Waals surface area (Å²) in [6.45, 7) is 8.28. The summed E-state index contributed by atoms with van der Waals surface area (Å²) < 4.78 is 0. The molecule has 3 heterocycles. The van der Waals surface area contributed by atoms with Crippen LogP contribution in [0.4, 0.5) is 5.69 Å². The number of anilines is 1. The summed E-state index contributed by atoms with van der Waals surface area (Å²) in [5, 5.41) is 9.71. The fraction of sp³-hybridized carbons (Fsp3) is 0.696. The van der Waals surface area contributed by atoms with Crippen LogP contribution in [-0.2, 0) is 4.79 Å². The van der Waals surface area contributed by atoms with Crippen LogP contribution >= 0.6 is 0 Å². The lowest BCUT2D eigenvalue weighted by molar-refractivity contribution is -0.135. The molecule has 1 N–H and O–H groups in total. The maximum Gasteiger partial charge on any atom is 0.236 e. The minimum Gasteiger partial charge on any atom is -0.389 e. The normalized spacial score (nSPS) is 29.3. The molecular formula is C23H34N4O2. The van der Waals surface area contributed by atoms with E-state index < -0.39 is 6.10 Å². The number of carbonyl (C=O) groups is 1. The van der Waals surface area contributed by atoms with Gasteiger partial charge in [0.15, 0.2) is 0 Å². The Balaban J connectivity index is 1.12. The first-order valence-corrected chi connectivity index (χ1v) is 11.4. The van der Waals surface area contributed by atoms with Gasteiger partial charge in [-0.1, -0.05) is 18.6 Å². The van der Waals surface area contributed by atoms with Crippen molar-refractivity contribution in [3.05, 3.63) is 29.8 Å². The predicted octanol–water partition coefficient (Wildman–Crippen LogP) is 1.70. The molecule has 0 spiro atoms. The van der Waals surface area contributed by atoms with Gasteiger partial charge in [0.1, 0.15) is 0 Å². The van der Waals surface area contributed by atoms with Gasteiger partial charge in [-0.15, -0.1) is 0 Å². The number of carbonyl (C=O) groups excluding carboxylic acids is 1. The van der Waals surface area contributed by atoms with Crippen molar-refractivity contribution in [2.45, 2.75) is 56.8 Å². The molecule has 1 aliphatic carbocycles. The van der Waals surface area contributed by atoms with Crippen molar-refractivity contribution in [2.75, 3.05) is 50.7 Å². The third kappa shape index (κ3) is 3.78. The number of hydrogen-bond acceptors (Lipinski definition) is 5. The second-order valence-electron chi connectivity index (χ2n) is 9.39. The van der Waals surface area contributed by atoms with Gasteiger partial charge >= 0.3 is 0 Å². The molecule has 6 nitrogen and oxygen atoms in total. The monoisotopic (exact) mass is 398 g/mol. The van der Waals surface area contributed by atoms with Gasteiger partial charge in [-0.05, 0) is 43.9 Å². The van der Waals surface area contributed by atoms with E-state index in [4.69, 9.17) is 0 Å². The first kappa shape index (κ1) is 19.3. The van der Waals surface area contributed by atoms with Gasteiger partial charge in [0.2, 0.25) is 5.91 Å². The van der Waals surface area contributed by atoms with Crippen LogP contribution in [0.3, 0.4) is 0 Å². The minimum absolute atomic E-state index is 0.318. The van der Waals surface area contributed by atoms with Crippen LogP contribution < -0.4 is 4.90 Å². The van der Waals surface area contributed by atoms with E-state index in [9.17, 15) is 9.90 Å². The quantitative estimate of drug-likeness (QED) is 0.818. The van der Waals surface area contributed by atoms with Crippen molar-refractivity contribution < 1.29 is 9.90 Å². The van der Waals surface area contributed by atoms with Crippen molar-refractivity contribution in [1.82, 2.24) is 14.7 Å². The molecule has 1 aromatic rings. The Bertz CT molecular complexity index is 725. The molecule has 1 saturated carbocycles. The van der Waals surface area contributed by atoms with Crippen LogP contribution in [0.15, 0.2) is 24.3 Å². The summed E-state index contributed by atoms with van der Waals surface area (Å²) in [7, 11) is 0. The van der Waals surface area contributed by atoms with Gasteiger partial charge in [-0.3, -0.25) is 14.6 Å². The van der Waals surface area contributed by atoms with E-state index in [1.165, 1.54) is 24.9 Å². The fourth-order valence-electron chi connectivity index (χ4n) is 5.57. The van der Waals surface area contributed by atoms with Crippen molar-refractivity contribution in [3.63, 3.8) is 0 Å². The number of hydrogen-bond donors (Lipinski definition) is 1. The van der Waals surface area contributed by atoms with Gasteiger partial charge in [0, 0.05) is 63.1 Å². The Labute approximate surface area is 174 Å². The largest absolute Gasteiger partial charge is 0.389 e. The zero-order valence-corrected chi connectivity index (χ0v) is 17.5. The molecule has 3 unspecified atom stereocenters. The number of rotatable bonds is 5. The Kier molecular flexibility index (Phi) is 5.26. The Morgan fingerprint density at radius 1 is 1.03 bits per heavy atom. The molecule has 0 aromatic heterocycles. The van der Waals surface area contributed by atoms with Crippen LogP contribution in [0, 0.1) is 0 Å². The lowest BCUT2D eigenvalue weighted by atomic mass is 9.91.